The molecule has 0 aliphatic rings. The fourth-order valence-electron chi connectivity index (χ4n) is 1.93. The van der Waals surface area contributed by atoms with E-state index in [-0.39, 0.29) is 17.4 Å². The molecule has 0 aromatic carbocycles. The van der Waals surface area contributed by atoms with Gasteiger partial charge < -0.3 is 4.90 Å². The zero-order chi connectivity index (χ0) is 16.0. The van der Waals surface area contributed by atoms with Crippen LogP contribution in [0.15, 0.2) is 11.1 Å². The lowest BCUT2D eigenvalue weighted by Gasteiger charge is -2.18. The molecule has 0 fully saturated rings. The number of rotatable bonds is 6. The molecular weight excluding hydrogens is 286 g/mol. The van der Waals surface area contributed by atoms with Gasteiger partial charge in [0.25, 0.3) is 0 Å². The number of Topliss-reactive ketones (excluding diaryl/α,β-unsaturated/α-hetero) is 1. The summed E-state index contributed by atoms with van der Waals surface area (Å²) in [4.78, 5) is 29.5. The maximum atomic E-state index is 12.0. The number of nitrogens with zero attached hydrogens (tertiary/aromatic N) is 3. The van der Waals surface area contributed by atoms with Crippen LogP contribution >= 0.6 is 11.8 Å². The summed E-state index contributed by atoms with van der Waals surface area (Å²) in [5.74, 6) is 0.138. The van der Waals surface area contributed by atoms with Crippen LogP contribution in [-0.2, 0) is 4.79 Å². The number of aryl methyl sites for hydroxylation is 1. The van der Waals surface area contributed by atoms with Gasteiger partial charge in [0.1, 0.15) is 11.1 Å². The number of carbonyl (C=O) groups excluding carboxylic acids is 2. The summed E-state index contributed by atoms with van der Waals surface area (Å²) in [6.45, 7) is 8.36. The number of aromatic nitrogens is 1. The quantitative estimate of drug-likeness (QED) is 0.596. The SMILES string of the molecule is CCN(CC)C(=O)CSc1nc(C)c(C(C)=O)cc1C#N. The molecule has 21 heavy (non-hydrogen) atoms. The molecule has 0 N–H and O–H groups in total. The van der Waals surface area contributed by atoms with E-state index < -0.39 is 0 Å². The summed E-state index contributed by atoms with van der Waals surface area (Å²) < 4.78 is 0. The minimum atomic E-state index is -0.118. The third kappa shape index (κ3) is 4.30. The summed E-state index contributed by atoms with van der Waals surface area (Å²) in [6.07, 6.45) is 0. The van der Waals surface area contributed by atoms with Gasteiger partial charge in [0.2, 0.25) is 5.91 Å². The second-order valence-corrected chi connectivity index (χ2v) is 5.46. The molecule has 0 saturated carbocycles. The van der Waals surface area contributed by atoms with Crippen molar-refractivity contribution in [3.05, 3.63) is 22.9 Å². The summed E-state index contributed by atoms with van der Waals surface area (Å²) in [6, 6.07) is 3.59. The van der Waals surface area contributed by atoms with Crippen LogP contribution in [0.4, 0.5) is 0 Å². The topological polar surface area (TPSA) is 74.1 Å². The fourth-order valence-corrected chi connectivity index (χ4v) is 2.83. The standard InChI is InChI=1S/C15H19N3O2S/c1-5-18(6-2)14(20)9-21-15-12(8-16)7-13(11(4)19)10(3)17-15/h7H,5-6,9H2,1-4H3. The lowest BCUT2D eigenvalue weighted by atomic mass is 10.1. The van der Waals surface area contributed by atoms with E-state index in [0.29, 0.717) is 34.9 Å². The second-order valence-electron chi connectivity index (χ2n) is 4.50. The van der Waals surface area contributed by atoms with Crippen LogP contribution in [0.25, 0.3) is 0 Å². The first kappa shape index (κ1) is 17.2. The third-order valence-electron chi connectivity index (χ3n) is 3.13. The molecule has 0 spiro atoms. The Kier molecular flexibility index (Phi) is 6.38. The van der Waals surface area contributed by atoms with Gasteiger partial charge in [0, 0.05) is 24.3 Å². The minimum Gasteiger partial charge on any atom is -0.343 e. The number of nitriles is 1. The van der Waals surface area contributed by atoms with Crippen LogP contribution in [0.3, 0.4) is 0 Å². The van der Waals surface area contributed by atoms with Gasteiger partial charge in [-0.2, -0.15) is 5.26 Å². The van der Waals surface area contributed by atoms with Crippen LogP contribution < -0.4 is 0 Å². The molecule has 1 heterocycles. The van der Waals surface area contributed by atoms with Crippen LogP contribution in [0.5, 0.6) is 0 Å². The van der Waals surface area contributed by atoms with Gasteiger partial charge in [0.05, 0.1) is 11.3 Å². The highest BCUT2D eigenvalue weighted by Gasteiger charge is 2.15. The number of ketones is 1. The lowest BCUT2D eigenvalue weighted by Crippen LogP contribution is -2.31. The molecule has 0 atom stereocenters. The molecule has 0 aliphatic heterocycles. The Balaban J connectivity index is 2.94. The van der Waals surface area contributed by atoms with Crippen LogP contribution in [0.1, 0.15) is 42.4 Å². The van der Waals surface area contributed by atoms with Crippen molar-refractivity contribution in [3.8, 4) is 6.07 Å². The van der Waals surface area contributed by atoms with E-state index in [1.54, 1.807) is 17.9 Å². The van der Waals surface area contributed by atoms with E-state index in [1.807, 2.05) is 19.9 Å². The van der Waals surface area contributed by atoms with Crippen molar-refractivity contribution in [2.45, 2.75) is 32.7 Å². The molecule has 0 unspecified atom stereocenters. The molecular formula is C15H19N3O2S. The number of pyridine rings is 1. The molecule has 1 aromatic rings. The van der Waals surface area contributed by atoms with Gasteiger partial charge >= 0.3 is 0 Å². The van der Waals surface area contributed by atoms with Crippen LogP contribution in [0, 0.1) is 18.3 Å². The molecule has 1 rings (SSSR count). The molecule has 6 heteroatoms. The zero-order valence-corrected chi connectivity index (χ0v) is 13.6. The maximum Gasteiger partial charge on any atom is 0.232 e. The summed E-state index contributed by atoms with van der Waals surface area (Å²) in [5.41, 5.74) is 1.37. The van der Waals surface area contributed by atoms with Gasteiger partial charge in [-0.25, -0.2) is 4.98 Å². The van der Waals surface area contributed by atoms with Gasteiger partial charge in [-0.1, -0.05) is 11.8 Å². The Morgan fingerprint density at radius 3 is 2.48 bits per heavy atom. The van der Waals surface area contributed by atoms with E-state index in [0.717, 1.165) is 0 Å². The van der Waals surface area contributed by atoms with E-state index in [9.17, 15) is 14.9 Å². The smallest absolute Gasteiger partial charge is 0.232 e. The Bertz CT molecular complexity index is 589. The first-order chi connectivity index (χ1) is 9.94. The Morgan fingerprint density at radius 1 is 1.38 bits per heavy atom. The largest absolute Gasteiger partial charge is 0.343 e. The monoisotopic (exact) mass is 305 g/mol. The lowest BCUT2D eigenvalue weighted by molar-refractivity contribution is -0.127. The number of hydrogen-bond acceptors (Lipinski definition) is 5. The summed E-state index contributed by atoms with van der Waals surface area (Å²) in [5, 5.41) is 9.67. The van der Waals surface area contributed by atoms with Crippen molar-refractivity contribution in [2.75, 3.05) is 18.8 Å². The molecule has 0 aliphatic carbocycles. The fraction of sp³-hybridized carbons (Fsp3) is 0.467. The minimum absolute atomic E-state index is 0.0176. The molecule has 1 amide bonds. The van der Waals surface area contributed by atoms with Crippen molar-refractivity contribution in [1.29, 1.82) is 5.26 Å². The predicted molar refractivity (Wildman–Crippen MR) is 82.3 cm³/mol. The van der Waals surface area contributed by atoms with Crippen LogP contribution in [0.2, 0.25) is 0 Å². The van der Waals surface area contributed by atoms with E-state index in [1.165, 1.54) is 18.7 Å². The first-order valence-corrected chi connectivity index (χ1v) is 7.76. The van der Waals surface area contributed by atoms with E-state index in [2.05, 4.69) is 4.98 Å². The Labute approximate surface area is 129 Å². The number of carbonyl (C=O) groups is 2. The zero-order valence-electron chi connectivity index (χ0n) is 12.8. The van der Waals surface area contributed by atoms with E-state index >= 15 is 0 Å². The molecule has 0 radical (unpaired) electrons. The van der Waals surface area contributed by atoms with Crippen LogP contribution in [-0.4, -0.2) is 40.4 Å². The Hall–Kier alpha value is -1.87. The average Bonchev–Trinajstić information content (AvgIpc) is 2.46. The van der Waals surface area contributed by atoms with Gasteiger partial charge in [-0.3, -0.25) is 9.59 Å². The Morgan fingerprint density at radius 2 is 2.00 bits per heavy atom. The summed E-state index contributed by atoms with van der Waals surface area (Å²) >= 11 is 1.24. The van der Waals surface area contributed by atoms with Gasteiger partial charge in [0.15, 0.2) is 5.78 Å². The maximum absolute atomic E-state index is 12.0. The molecule has 112 valence electrons. The molecule has 1 aromatic heterocycles. The van der Waals surface area contributed by atoms with Crippen molar-refractivity contribution < 1.29 is 9.59 Å². The second kappa shape index (κ2) is 7.79. The van der Waals surface area contributed by atoms with Crippen molar-refractivity contribution in [3.63, 3.8) is 0 Å². The number of amides is 1. The highest BCUT2D eigenvalue weighted by atomic mass is 32.2. The highest BCUT2D eigenvalue weighted by Crippen LogP contribution is 2.23. The number of hydrogen-bond donors (Lipinski definition) is 0. The van der Waals surface area contributed by atoms with Gasteiger partial charge in [-0.15, -0.1) is 0 Å². The highest BCUT2D eigenvalue weighted by molar-refractivity contribution is 7.99. The third-order valence-corrected chi connectivity index (χ3v) is 4.10. The molecule has 0 bridgehead atoms. The molecule has 0 saturated heterocycles. The van der Waals surface area contributed by atoms with Crippen molar-refractivity contribution >= 4 is 23.5 Å². The van der Waals surface area contributed by atoms with Crippen molar-refractivity contribution in [1.82, 2.24) is 9.88 Å². The normalized spacial score (nSPS) is 10.0. The summed E-state index contributed by atoms with van der Waals surface area (Å²) in [7, 11) is 0. The van der Waals surface area contributed by atoms with Gasteiger partial charge in [-0.05, 0) is 33.8 Å². The van der Waals surface area contributed by atoms with Crippen molar-refractivity contribution in [2.24, 2.45) is 0 Å². The average molecular weight is 305 g/mol. The first-order valence-electron chi connectivity index (χ1n) is 6.77. The predicted octanol–water partition coefficient (Wildman–Crippen LogP) is 2.42. The molecule has 5 nitrogen and oxygen atoms in total. The number of thioether (sulfide) groups is 1. The van der Waals surface area contributed by atoms with E-state index in [4.69, 9.17) is 0 Å².